The van der Waals surface area contributed by atoms with Gasteiger partial charge in [-0.25, -0.2) is 4.98 Å². The van der Waals surface area contributed by atoms with Crippen LogP contribution in [0.2, 0.25) is 0 Å². The number of nitrogens with zero attached hydrogens (tertiary/aromatic N) is 2. The molecule has 28 heavy (non-hydrogen) atoms. The lowest BCUT2D eigenvalue weighted by molar-refractivity contribution is 0.0948. The van der Waals surface area contributed by atoms with E-state index < -0.39 is 0 Å². The fraction of sp³-hybridized carbons (Fsp3) is 0.217. The number of hydrogen-bond acceptors (Lipinski definition) is 4. The normalized spacial score (nSPS) is 13.1. The summed E-state index contributed by atoms with van der Waals surface area (Å²) in [5, 5.41) is 13.1. The summed E-state index contributed by atoms with van der Waals surface area (Å²) < 4.78 is 0. The van der Waals surface area contributed by atoms with E-state index in [0.29, 0.717) is 12.1 Å². The molecule has 1 aliphatic heterocycles. The van der Waals surface area contributed by atoms with Gasteiger partial charge in [0.2, 0.25) is 0 Å². The van der Waals surface area contributed by atoms with E-state index in [1.807, 2.05) is 12.1 Å². The molecule has 1 amide bonds. The molecule has 0 saturated heterocycles. The number of fused-ring (bicyclic) bond motifs is 1. The minimum absolute atomic E-state index is 0.0269. The third kappa shape index (κ3) is 3.56. The van der Waals surface area contributed by atoms with Crippen LogP contribution in [0.25, 0.3) is 0 Å². The summed E-state index contributed by atoms with van der Waals surface area (Å²) in [7, 11) is 0. The Morgan fingerprint density at radius 2 is 1.93 bits per heavy atom. The fourth-order valence-electron chi connectivity index (χ4n) is 3.64. The van der Waals surface area contributed by atoms with Crippen molar-refractivity contribution >= 4 is 11.7 Å². The van der Waals surface area contributed by atoms with E-state index in [9.17, 15) is 9.90 Å². The number of aromatic nitrogens is 1. The number of hydrogen-bond donors (Lipinski definition) is 2. The molecular formula is C23H23N3O2. The molecule has 1 aliphatic rings. The van der Waals surface area contributed by atoms with Crippen LogP contribution in [0.15, 0.2) is 60.8 Å². The van der Waals surface area contributed by atoms with Crippen molar-refractivity contribution in [3.8, 4) is 5.75 Å². The van der Waals surface area contributed by atoms with Crippen LogP contribution in [0.1, 0.15) is 32.6 Å². The lowest BCUT2D eigenvalue weighted by Gasteiger charge is -2.31. The maximum atomic E-state index is 12.5. The molecule has 5 nitrogen and oxygen atoms in total. The molecule has 0 atom stereocenters. The average Bonchev–Trinajstić information content (AvgIpc) is 2.74. The third-order valence-electron chi connectivity index (χ3n) is 5.22. The Morgan fingerprint density at radius 1 is 1.11 bits per heavy atom. The van der Waals surface area contributed by atoms with Crippen LogP contribution < -0.4 is 10.2 Å². The summed E-state index contributed by atoms with van der Waals surface area (Å²) in [5.41, 5.74) is 4.64. The molecule has 0 aliphatic carbocycles. The van der Waals surface area contributed by atoms with Crippen LogP contribution >= 0.6 is 0 Å². The topological polar surface area (TPSA) is 65.5 Å². The Morgan fingerprint density at radius 3 is 2.79 bits per heavy atom. The summed E-state index contributed by atoms with van der Waals surface area (Å²) in [6.45, 7) is 3.84. The van der Waals surface area contributed by atoms with Crippen molar-refractivity contribution in [3.63, 3.8) is 0 Å². The van der Waals surface area contributed by atoms with Crippen LogP contribution in [0.5, 0.6) is 5.75 Å². The maximum Gasteiger partial charge on any atom is 0.255 e. The first kappa shape index (κ1) is 18.0. The second-order valence-corrected chi connectivity index (χ2v) is 7.08. The van der Waals surface area contributed by atoms with Gasteiger partial charge in [-0.3, -0.25) is 4.79 Å². The smallest absolute Gasteiger partial charge is 0.255 e. The summed E-state index contributed by atoms with van der Waals surface area (Å²) in [4.78, 5) is 19.4. The van der Waals surface area contributed by atoms with Gasteiger partial charge in [0.15, 0.2) is 0 Å². The van der Waals surface area contributed by atoms with Crippen LogP contribution in [0, 0.1) is 6.92 Å². The molecule has 142 valence electrons. The lowest BCUT2D eigenvalue weighted by Crippen LogP contribution is -2.32. The molecular weight excluding hydrogens is 350 g/mol. The maximum absolute atomic E-state index is 12.5. The monoisotopic (exact) mass is 373 g/mol. The number of benzene rings is 2. The largest absolute Gasteiger partial charge is 0.507 e. The molecule has 3 aromatic rings. The van der Waals surface area contributed by atoms with Gasteiger partial charge >= 0.3 is 0 Å². The number of amides is 1. The molecule has 2 heterocycles. The molecule has 0 saturated carbocycles. The van der Waals surface area contributed by atoms with E-state index in [2.05, 4.69) is 39.5 Å². The first-order chi connectivity index (χ1) is 13.6. The summed E-state index contributed by atoms with van der Waals surface area (Å²) in [5.74, 6) is 0.629. The average molecular weight is 373 g/mol. The second-order valence-electron chi connectivity index (χ2n) is 7.08. The molecule has 0 fully saturated rings. The number of phenols is 1. The zero-order chi connectivity index (χ0) is 19.5. The van der Waals surface area contributed by atoms with Gasteiger partial charge in [-0.15, -0.1) is 0 Å². The molecule has 2 aromatic carbocycles. The van der Waals surface area contributed by atoms with Gasteiger partial charge in [0.1, 0.15) is 11.6 Å². The van der Waals surface area contributed by atoms with Crippen molar-refractivity contribution in [3.05, 3.63) is 88.6 Å². The van der Waals surface area contributed by atoms with E-state index >= 15 is 0 Å². The standard InChI is InChI=1S/C23H23N3O2/c1-16-6-4-10-20(21(16)27)23(28)25-14-18-9-5-12-24-22(18)26-13-11-17-7-2-3-8-19(17)15-26/h2-10,12,27H,11,13-15H2,1H3,(H,25,28). The van der Waals surface area contributed by atoms with Crippen LogP contribution in [0.3, 0.4) is 0 Å². The number of aryl methyl sites for hydroxylation is 1. The fourth-order valence-corrected chi connectivity index (χ4v) is 3.64. The van der Waals surface area contributed by atoms with Crippen molar-refractivity contribution in [2.24, 2.45) is 0 Å². The van der Waals surface area contributed by atoms with Crippen molar-refractivity contribution < 1.29 is 9.90 Å². The van der Waals surface area contributed by atoms with Gasteiger partial charge in [0.05, 0.1) is 5.56 Å². The first-order valence-electron chi connectivity index (χ1n) is 9.46. The molecule has 0 bridgehead atoms. The zero-order valence-corrected chi connectivity index (χ0v) is 15.9. The summed E-state index contributed by atoms with van der Waals surface area (Å²) in [6, 6.07) is 17.5. The Balaban J connectivity index is 1.51. The van der Waals surface area contributed by atoms with Crippen molar-refractivity contribution in [1.29, 1.82) is 0 Å². The molecule has 0 spiro atoms. The van der Waals surface area contributed by atoms with E-state index in [4.69, 9.17) is 0 Å². The van der Waals surface area contributed by atoms with Gasteiger partial charge in [-0.2, -0.15) is 0 Å². The molecule has 4 rings (SSSR count). The summed E-state index contributed by atoms with van der Waals surface area (Å²) >= 11 is 0. The van der Waals surface area contributed by atoms with Crippen molar-refractivity contribution in [1.82, 2.24) is 10.3 Å². The number of para-hydroxylation sites is 1. The highest BCUT2D eigenvalue weighted by molar-refractivity contribution is 5.97. The number of rotatable bonds is 4. The van der Waals surface area contributed by atoms with Gasteiger partial charge < -0.3 is 15.3 Å². The molecule has 0 unspecified atom stereocenters. The molecule has 5 heteroatoms. The van der Waals surface area contributed by atoms with Crippen LogP contribution in [-0.2, 0) is 19.5 Å². The highest BCUT2D eigenvalue weighted by Gasteiger charge is 2.20. The zero-order valence-electron chi connectivity index (χ0n) is 15.9. The Bertz CT molecular complexity index is 1020. The Kier molecular flexibility index (Phi) is 4.98. The third-order valence-corrected chi connectivity index (χ3v) is 5.22. The van der Waals surface area contributed by atoms with Gasteiger partial charge in [0, 0.05) is 31.4 Å². The highest BCUT2D eigenvalue weighted by atomic mass is 16.3. The molecule has 2 N–H and O–H groups in total. The van der Waals surface area contributed by atoms with Crippen molar-refractivity contribution in [2.45, 2.75) is 26.4 Å². The number of carbonyl (C=O) groups excluding carboxylic acids is 1. The minimum atomic E-state index is -0.292. The predicted molar refractivity (Wildman–Crippen MR) is 109 cm³/mol. The summed E-state index contributed by atoms with van der Waals surface area (Å²) in [6.07, 6.45) is 2.77. The number of phenolic OH excluding ortho intramolecular Hbond substituents is 1. The Hall–Kier alpha value is -3.34. The quantitative estimate of drug-likeness (QED) is 0.734. The molecule has 1 aromatic heterocycles. The number of anilines is 1. The van der Waals surface area contributed by atoms with E-state index in [0.717, 1.165) is 30.9 Å². The van der Waals surface area contributed by atoms with Gasteiger partial charge in [-0.1, -0.05) is 42.5 Å². The molecule has 0 radical (unpaired) electrons. The van der Waals surface area contributed by atoms with Crippen LogP contribution in [0.4, 0.5) is 5.82 Å². The lowest BCUT2D eigenvalue weighted by atomic mass is 9.99. The number of pyridine rings is 1. The SMILES string of the molecule is Cc1cccc(C(=O)NCc2cccnc2N2CCc3ccccc3C2)c1O. The first-order valence-corrected chi connectivity index (χ1v) is 9.46. The Labute approximate surface area is 164 Å². The minimum Gasteiger partial charge on any atom is -0.507 e. The van der Waals surface area contributed by atoms with Gasteiger partial charge in [0.25, 0.3) is 5.91 Å². The van der Waals surface area contributed by atoms with E-state index in [1.165, 1.54) is 11.1 Å². The number of carbonyl (C=O) groups is 1. The number of aromatic hydroxyl groups is 1. The van der Waals surface area contributed by atoms with Gasteiger partial charge in [-0.05, 0) is 42.2 Å². The van der Waals surface area contributed by atoms with E-state index in [1.54, 1.807) is 31.3 Å². The van der Waals surface area contributed by atoms with E-state index in [-0.39, 0.29) is 17.2 Å². The second kappa shape index (κ2) is 7.72. The number of nitrogens with one attached hydrogen (secondary N) is 1. The van der Waals surface area contributed by atoms with Crippen molar-refractivity contribution in [2.75, 3.05) is 11.4 Å². The predicted octanol–water partition coefficient (Wildman–Crippen LogP) is 3.59. The van der Waals surface area contributed by atoms with Crippen LogP contribution in [-0.4, -0.2) is 22.5 Å². The highest BCUT2D eigenvalue weighted by Crippen LogP contribution is 2.26.